The van der Waals surface area contributed by atoms with E-state index in [2.05, 4.69) is 47.3 Å². The van der Waals surface area contributed by atoms with Crippen LogP contribution in [0.4, 0.5) is 5.69 Å². The Morgan fingerprint density at radius 3 is 2.60 bits per heavy atom. The molecular formula is C21H24N2O2. The number of amides is 1. The Kier molecular flexibility index (Phi) is 5.39. The number of carbonyl (C=O) groups is 1. The first-order valence-electron chi connectivity index (χ1n) is 8.80. The highest BCUT2D eigenvalue weighted by Crippen LogP contribution is 2.22. The molecule has 0 fully saturated rings. The number of benzene rings is 2. The molecule has 0 saturated heterocycles. The molecule has 130 valence electrons. The van der Waals surface area contributed by atoms with E-state index in [9.17, 15) is 4.79 Å². The summed E-state index contributed by atoms with van der Waals surface area (Å²) < 4.78 is 7.63. The molecule has 4 nitrogen and oxygen atoms in total. The summed E-state index contributed by atoms with van der Waals surface area (Å²) in [5.74, 6) is 0.837. The summed E-state index contributed by atoms with van der Waals surface area (Å²) in [6, 6.07) is 15.9. The summed E-state index contributed by atoms with van der Waals surface area (Å²) in [4.78, 5) is 12.2. The Morgan fingerprint density at radius 1 is 1.08 bits per heavy atom. The molecular weight excluding hydrogens is 312 g/mol. The third kappa shape index (κ3) is 4.02. The Balaban J connectivity index is 1.61. The summed E-state index contributed by atoms with van der Waals surface area (Å²) in [6.07, 6.45) is 3.30. The van der Waals surface area contributed by atoms with Crippen molar-refractivity contribution in [1.82, 2.24) is 4.57 Å². The zero-order chi connectivity index (χ0) is 17.6. The third-order valence-corrected chi connectivity index (χ3v) is 4.32. The van der Waals surface area contributed by atoms with E-state index in [4.69, 9.17) is 4.74 Å². The largest absolute Gasteiger partial charge is 0.494 e. The lowest BCUT2D eigenvalue weighted by Gasteiger charge is -2.08. The van der Waals surface area contributed by atoms with E-state index in [1.165, 1.54) is 16.5 Å². The van der Waals surface area contributed by atoms with Gasteiger partial charge in [0.05, 0.1) is 6.61 Å². The van der Waals surface area contributed by atoms with E-state index in [0.29, 0.717) is 13.0 Å². The van der Waals surface area contributed by atoms with Crippen molar-refractivity contribution in [3.8, 4) is 5.75 Å². The Hall–Kier alpha value is -2.75. The van der Waals surface area contributed by atoms with Crippen LogP contribution in [0, 0.1) is 0 Å². The van der Waals surface area contributed by atoms with Crippen LogP contribution in [0.15, 0.2) is 54.7 Å². The highest BCUT2D eigenvalue weighted by atomic mass is 16.5. The minimum absolute atomic E-state index is 0.0242. The van der Waals surface area contributed by atoms with Crippen molar-refractivity contribution in [3.05, 3.63) is 60.3 Å². The van der Waals surface area contributed by atoms with Crippen molar-refractivity contribution in [3.63, 3.8) is 0 Å². The van der Waals surface area contributed by atoms with Crippen LogP contribution in [0.3, 0.4) is 0 Å². The molecule has 0 radical (unpaired) electrons. The molecule has 0 unspecified atom stereocenters. The summed E-state index contributed by atoms with van der Waals surface area (Å²) in [5, 5.41) is 4.18. The van der Waals surface area contributed by atoms with Crippen LogP contribution in [-0.4, -0.2) is 17.1 Å². The number of ether oxygens (including phenoxy) is 1. The fourth-order valence-corrected chi connectivity index (χ4v) is 3.05. The van der Waals surface area contributed by atoms with Crippen molar-refractivity contribution in [2.24, 2.45) is 0 Å². The molecule has 0 atom stereocenters. The molecule has 4 heteroatoms. The summed E-state index contributed by atoms with van der Waals surface area (Å²) in [7, 11) is 0. The van der Waals surface area contributed by atoms with Gasteiger partial charge in [-0.2, -0.15) is 0 Å². The van der Waals surface area contributed by atoms with Gasteiger partial charge in [-0.3, -0.25) is 4.79 Å². The normalized spacial score (nSPS) is 10.8. The Morgan fingerprint density at radius 2 is 1.88 bits per heavy atom. The lowest BCUT2D eigenvalue weighted by Crippen LogP contribution is -2.12. The maximum Gasteiger partial charge on any atom is 0.224 e. The van der Waals surface area contributed by atoms with Gasteiger partial charge in [0.2, 0.25) is 5.91 Å². The molecule has 1 heterocycles. The molecule has 0 aliphatic rings. The third-order valence-electron chi connectivity index (χ3n) is 4.32. The highest BCUT2D eigenvalue weighted by molar-refractivity contribution is 5.91. The number of anilines is 1. The first-order valence-corrected chi connectivity index (χ1v) is 8.80. The van der Waals surface area contributed by atoms with Gasteiger partial charge in [-0.05, 0) is 62.2 Å². The van der Waals surface area contributed by atoms with Crippen molar-refractivity contribution in [2.75, 3.05) is 11.9 Å². The minimum atomic E-state index is 0.0242. The number of rotatable bonds is 7. The molecule has 1 aromatic heterocycles. The van der Waals surface area contributed by atoms with Crippen molar-refractivity contribution in [1.29, 1.82) is 0 Å². The van der Waals surface area contributed by atoms with Crippen LogP contribution in [0.1, 0.15) is 25.8 Å². The van der Waals surface area contributed by atoms with Crippen molar-refractivity contribution < 1.29 is 9.53 Å². The molecule has 1 amide bonds. The van der Waals surface area contributed by atoms with E-state index in [-0.39, 0.29) is 5.91 Å². The molecule has 0 spiro atoms. The average molecular weight is 336 g/mol. The van der Waals surface area contributed by atoms with Crippen molar-refractivity contribution in [2.45, 2.75) is 33.2 Å². The van der Waals surface area contributed by atoms with Crippen LogP contribution < -0.4 is 10.1 Å². The second-order valence-electron chi connectivity index (χ2n) is 5.96. The molecule has 25 heavy (non-hydrogen) atoms. The van der Waals surface area contributed by atoms with Gasteiger partial charge in [0, 0.05) is 35.8 Å². The smallest absolute Gasteiger partial charge is 0.224 e. The Labute approximate surface area is 148 Å². The number of aryl methyl sites for hydroxylation is 2. The van der Waals surface area contributed by atoms with Crippen LogP contribution in [0.25, 0.3) is 10.9 Å². The van der Waals surface area contributed by atoms with Gasteiger partial charge in [-0.1, -0.05) is 12.1 Å². The fourth-order valence-electron chi connectivity index (χ4n) is 3.05. The number of carbonyl (C=O) groups excluding carboxylic acids is 1. The second-order valence-corrected chi connectivity index (χ2v) is 5.96. The molecule has 3 rings (SSSR count). The SMILES string of the molecule is CCOc1ccc(NC(=O)CCc2cccc3c2ccn3CC)cc1. The number of nitrogens with one attached hydrogen (secondary N) is 1. The quantitative estimate of drug-likeness (QED) is 0.683. The average Bonchev–Trinajstić information content (AvgIpc) is 3.05. The summed E-state index contributed by atoms with van der Waals surface area (Å²) in [6.45, 7) is 5.67. The van der Waals surface area contributed by atoms with Crippen LogP contribution in [0.2, 0.25) is 0 Å². The van der Waals surface area contributed by atoms with Crippen LogP contribution in [-0.2, 0) is 17.8 Å². The summed E-state index contributed by atoms with van der Waals surface area (Å²) >= 11 is 0. The van der Waals surface area contributed by atoms with Gasteiger partial charge >= 0.3 is 0 Å². The maximum atomic E-state index is 12.2. The summed E-state index contributed by atoms with van der Waals surface area (Å²) in [5.41, 5.74) is 3.24. The zero-order valence-corrected chi connectivity index (χ0v) is 14.8. The first kappa shape index (κ1) is 17.1. The predicted octanol–water partition coefficient (Wildman–Crippen LogP) is 4.63. The van der Waals surface area contributed by atoms with E-state index >= 15 is 0 Å². The van der Waals surface area contributed by atoms with Crippen LogP contribution >= 0.6 is 0 Å². The fraction of sp³-hybridized carbons (Fsp3) is 0.286. The molecule has 0 aliphatic carbocycles. The number of nitrogens with zero attached hydrogens (tertiary/aromatic N) is 1. The number of hydrogen-bond acceptors (Lipinski definition) is 2. The first-order chi connectivity index (χ1) is 12.2. The second kappa shape index (κ2) is 7.88. The standard InChI is InChI=1S/C21H24N2O2/c1-3-23-15-14-19-16(6-5-7-20(19)23)8-13-21(24)22-17-9-11-18(12-10-17)25-4-2/h5-7,9-12,14-15H,3-4,8,13H2,1-2H3,(H,22,24). The van der Waals surface area contributed by atoms with E-state index in [1.54, 1.807) is 0 Å². The van der Waals surface area contributed by atoms with Gasteiger partial charge in [0.1, 0.15) is 5.75 Å². The molecule has 3 aromatic rings. The van der Waals surface area contributed by atoms with Gasteiger partial charge < -0.3 is 14.6 Å². The molecule has 0 aliphatic heterocycles. The lowest BCUT2D eigenvalue weighted by molar-refractivity contribution is -0.116. The molecule has 2 aromatic carbocycles. The molecule has 0 bridgehead atoms. The Bertz CT molecular complexity index is 850. The van der Waals surface area contributed by atoms with Crippen molar-refractivity contribution >= 4 is 22.5 Å². The van der Waals surface area contributed by atoms with Gasteiger partial charge in [-0.15, -0.1) is 0 Å². The number of fused-ring (bicyclic) bond motifs is 1. The number of aromatic nitrogens is 1. The lowest BCUT2D eigenvalue weighted by atomic mass is 10.0. The highest BCUT2D eigenvalue weighted by Gasteiger charge is 2.08. The zero-order valence-electron chi connectivity index (χ0n) is 14.8. The van der Waals surface area contributed by atoms with Gasteiger partial charge in [0.25, 0.3) is 0 Å². The monoisotopic (exact) mass is 336 g/mol. The molecule has 0 saturated carbocycles. The minimum Gasteiger partial charge on any atom is -0.494 e. The molecule has 1 N–H and O–H groups in total. The maximum absolute atomic E-state index is 12.2. The van der Waals surface area contributed by atoms with E-state index in [0.717, 1.165) is 24.4 Å². The topological polar surface area (TPSA) is 43.3 Å². The predicted molar refractivity (Wildman–Crippen MR) is 102 cm³/mol. The van der Waals surface area contributed by atoms with E-state index in [1.807, 2.05) is 31.2 Å². The van der Waals surface area contributed by atoms with E-state index < -0.39 is 0 Å². The van der Waals surface area contributed by atoms with Crippen LogP contribution in [0.5, 0.6) is 5.75 Å². The van der Waals surface area contributed by atoms with Gasteiger partial charge in [-0.25, -0.2) is 0 Å². The van der Waals surface area contributed by atoms with Gasteiger partial charge in [0.15, 0.2) is 0 Å². The number of hydrogen-bond donors (Lipinski definition) is 1.